The van der Waals surface area contributed by atoms with Crippen LogP contribution in [0, 0.1) is 0 Å². The molecule has 0 radical (unpaired) electrons. The molecule has 1 amide bonds. The number of nitrogens with zero attached hydrogens (tertiary/aromatic N) is 1. The van der Waals surface area contributed by atoms with Crippen LogP contribution in [0.5, 0.6) is 5.75 Å². The second-order valence-corrected chi connectivity index (χ2v) is 8.87. The fourth-order valence-corrected chi connectivity index (χ4v) is 4.34. The minimum atomic E-state index is -4.98. The van der Waals surface area contributed by atoms with Crippen LogP contribution in [-0.4, -0.2) is 47.5 Å². The van der Waals surface area contributed by atoms with Gasteiger partial charge in [0.25, 0.3) is 5.91 Å². The standard InChI is InChI=1S/C28H28F3N3O4/c1-3-7-18-14-19(10-11-21(18)32-2)26(36)33-16-23(35)22-15-20-25(24(34-22)17-8-5-4-6-9-17)38-13-12-27(20,37)28(29,30)31/h3-11,14-15,23,32,35,37H,12-13,16H2,1-2H3,(H,33,36)/b7-3-/t23?,27-/m0/s1. The molecule has 0 aliphatic carbocycles. The molecule has 38 heavy (non-hydrogen) atoms. The molecule has 10 heteroatoms. The molecule has 1 unspecified atom stereocenters. The first-order chi connectivity index (χ1) is 18.1. The van der Waals surface area contributed by atoms with Gasteiger partial charge in [0.15, 0.2) is 11.4 Å². The number of hydrogen-bond acceptors (Lipinski definition) is 6. The first-order valence-corrected chi connectivity index (χ1v) is 12.0. The number of aromatic nitrogens is 1. The number of ether oxygens (including phenoxy) is 1. The van der Waals surface area contributed by atoms with Gasteiger partial charge >= 0.3 is 6.18 Å². The lowest BCUT2D eigenvalue weighted by Gasteiger charge is -2.36. The average molecular weight is 528 g/mol. The lowest BCUT2D eigenvalue weighted by molar-refractivity contribution is -0.274. The number of hydrogen-bond donors (Lipinski definition) is 4. The summed E-state index contributed by atoms with van der Waals surface area (Å²) in [6.07, 6.45) is -3.48. The number of pyridine rings is 1. The fourth-order valence-electron chi connectivity index (χ4n) is 4.34. The van der Waals surface area contributed by atoms with Gasteiger partial charge in [0.2, 0.25) is 0 Å². The van der Waals surface area contributed by atoms with E-state index in [1.54, 1.807) is 55.6 Å². The number of carbonyl (C=O) groups is 1. The normalized spacial score (nSPS) is 18.0. The third-order valence-electron chi connectivity index (χ3n) is 6.39. The zero-order chi connectivity index (χ0) is 27.5. The van der Waals surface area contributed by atoms with Crippen molar-refractivity contribution < 1.29 is 32.9 Å². The zero-order valence-electron chi connectivity index (χ0n) is 20.8. The molecule has 4 N–H and O–H groups in total. The summed E-state index contributed by atoms with van der Waals surface area (Å²) in [5.74, 6) is -0.669. The highest BCUT2D eigenvalue weighted by Gasteiger charge is 2.58. The zero-order valence-corrected chi connectivity index (χ0v) is 20.8. The Morgan fingerprint density at radius 2 is 1.95 bits per heavy atom. The maximum Gasteiger partial charge on any atom is 0.421 e. The molecule has 4 rings (SSSR count). The predicted octanol–water partition coefficient (Wildman–Crippen LogP) is 4.82. The van der Waals surface area contributed by atoms with Crippen LogP contribution >= 0.6 is 0 Å². The second-order valence-electron chi connectivity index (χ2n) is 8.87. The molecule has 1 aromatic heterocycles. The Hall–Kier alpha value is -3.89. The van der Waals surface area contributed by atoms with Gasteiger partial charge in [0.1, 0.15) is 11.8 Å². The summed E-state index contributed by atoms with van der Waals surface area (Å²) in [6.45, 7) is 1.17. The first-order valence-electron chi connectivity index (χ1n) is 12.0. The van der Waals surface area contributed by atoms with Gasteiger partial charge in [-0.25, -0.2) is 4.98 Å². The van der Waals surface area contributed by atoms with Gasteiger partial charge in [-0.15, -0.1) is 0 Å². The van der Waals surface area contributed by atoms with E-state index < -0.39 is 35.8 Å². The van der Waals surface area contributed by atoms with E-state index >= 15 is 0 Å². The number of aliphatic hydroxyl groups is 2. The number of halogens is 3. The number of nitrogens with one attached hydrogen (secondary N) is 2. The third kappa shape index (κ3) is 5.23. The van der Waals surface area contributed by atoms with E-state index in [1.165, 1.54) is 0 Å². The minimum Gasteiger partial charge on any atom is -0.491 e. The highest BCUT2D eigenvalue weighted by Crippen LogP contribution is 2.50. The number of alkyl halides is 3. The molecule has 3 aromatic rings. The second kappa shape index (κ2) is 10.8. The lowest BCUT2D eigenvalue weighted by atomic mass is 9.85. The van der Waals surface area contributed by atoms with Crippen LogP contribution in [0.15, 0.2) is 60.7 Å². The van der Waals surface area contributed by atoms with Gasteiger partial charge in [0, 0.05) is 42.4 Å². The van der Waals surface area contributed by atoms with E-state index in [0.29, 0.717) is 11.1 Å². The summed E-state index contributed by atoms with van der Waals surface area (Å²) >= 11 is 0. The van der Waals surface area contributed by atoms with Crippen molar-refractivity contribution in [3.63, 3.8) is 0 Å². The number of rotatable bonds is 7. The topological polar surface area (TPSA) is 104 Å². The van der Waals surface area contributed by atoms with Crippen molar-refractivity contribution in [3.8, 4) is 17.0 Å². The van der Waals surface area contributed by atoms with Crippen molar-refractivity contribution in [2.24, 2.45) is 0 Å². The molecule has 1 aliphatic heterocycles. The predicted molar refractivity (Wildman–Crippen MR) is 138 cm³/mol. The molecular formula is C28H28F3N3O4. The molecule has 0 bridgehead atoms. The smallest absolute Gasteiger partial charge is 0.421 e. The van der Waals surface area contributed by atoms with Crippen molar-refractivity contribution in [2.45, 2.75) is 31.2 Å². The fraction of sp³-hybridized carbons (Fsp3) is 0.286. The molecular weight excluding hydrogens is 499 g/mol. The molecule has 2 heterocycles. The summed E-state index contributed by atoms with van der Waals surface area (Å²) in [5.41, 5.74) is -1.38. The number of amides is 1. The molecule has 0 saturated heterocycles. The monoisotopic (exact) mass is 527 g/mol. The van der Waals surface area contributed by atoms with E-state index in [-0.39, 0.29) is 30.3 Å². The molecule has 0 saturated carbocycles. The molecule has 2 atom stereocenters. The van der Waals surface area contributed by atoms with Gasteiger partial charge in [-0.3, -0.25) is 4.79 Å². The summed E-state index contributed by atoms with van der Waals surface area (Å²) in [7, 11) is 1.76. The van der Waals surface area contributed by atoms with Crippen LogP contribution in [0.3, 0.4) is 0 Å². The van der Waals surface area contributed by atoms with Crippen LogP contribution in [0.4, 0.5) is 18.9 Å². The summed E-state index contributed by atoms with van der Waals surface area (Å²) in [5, 5.41) is 27.2. The highest BCUT2D eigenvalue weighted by molar-refractivity contribution is 5.95. The van der Waals surface area contributed by atoms with Crippen molar-refractivity contribution in [1.82, 2.24) is 10.3 Å². The Morgan fingerprint density at radius 1 is 1.21 bits per heavy atom. The largest absolute Gasteiger partial charge is 0.491 e. The van der Waals surface area contributed by atoms with Crippen molar-refractivity contribution in [3.05, 3.63) is 83.1 Å². The van der Waals surface area contributed by atoms with Crippen LogP contribution in [0.2, 0.25) is 0 Å². The van der Waals surface area contributed by atoms with E-state index in [2.05, 4.69) is 15.6 Å². The van der Waals surface area contributed by atoms with E-state index in [1.807, 2.05) is 19.1 Å². The summed E-state index contributed by atoms with van der Waals surface area (Å²) in [6, 6.07) is 14.4. The van der Waals surface area contributed by atoms with Crippen molar-refractivity contribution >= 4 is 17.7 Å². The molecule has 0 spiro atoms. The maximum atomic E-state index is 14.0. The SMILES string of the molecule is C/C=C\c1cc(C(=O)NCC(O)c2cc3c(c(-c4ccccc4)n2)OCC[C@@]3(O)C(F)(F)F)ccc1NC. The van der Waals surface area contributed by atoms with Gasteiger partial charge in [-0.1, -0.05) is 42.5 Å². The van der Waals surface area contributed by atoms with E-state index in [9.17, 15) is 28.2 Å². The Bertz CT molecular complexity index is 1350. The van der Waals surface area contributed by atoms with Crippen LogP contribution in [0.25, 0.3) is 17.3 Å². The summed E-state index contributed by atoms with van der Waals surface area (Å²) < 4.78 is 47.6. The average Bonchev–Trinajstić information content (AvgIpc) is 2.91. The highest BCUT2D eigenvalue weighted by atomic mass is 19.4. The maximum absolute atomic E-state index is 14.0. The molecule has 2 aromatic carbocycles. The number of aliphatic hydroxyl groups excluding tert-OH is 1. The Labute approximate surface area is 218 Å². The Morgan fingerprint density at radius 3 is 2.61 bits per heavy atom. The minimum absolute atomic E-state index is 0.0597. The number of benzene rings is 2. The Kier molecular flexibility index (Phi) is 7.75. The number of allylic oxidation sites excluding steroid dienone is 1. The first kappa shape index (κ1) is 27.2. The summed E-state index contributed by atoms with van der Waals surface area (Å²) in [4.78, 5) is 17.2. The van der Waals surface area contributed by atoms with Crippen molar-refractivity contribution in [2.75, 3.05) is 25.5 Å². The number of carbonyl (C=O) groups excluding carboxylic acids is 1. The molecule has 200 valence electrons. The number of anilines is 1. The molecule has 0 fully saturated rings. The quantitative estimate of drug-likeness (QED) is 0.351. The van der Waals surface area contributed by atoms with E-state index in [4.69, 9.17) is 4.74 Å². The third-order valence-corrected chi connectivity index (χ3v) is 6.39. The molecule has 1 aliphatic rings. The van der Waals surface area contributed by atoms with Gasteiger partial charge in [0.05, 0.1) is 12.3 Å². The van der Waals surface area contributed by atoms with Gasteiger partial charge in [-0.2, -0.15) is 13.2 Å². The molecule has 7 nitrogen and oxygen atoms in total. The van der Waals surface area contributed by atoms with E-state index in [0.717, 1.165) is 17.3 Å². The number of fused-ring (bicyclic) bond motifs is 1. The Balaban J connectivity index is 1.67. The van der Waals surface area contributed by atoms with Gasteiger partial charge in [-0.05, 0) is 36.8 Å². The lowest BCUT2D eigenvalue weighted by Crippen LogP contribution is -2.46. The van der Waals surface area contributed by atoms with Crippen molar-refractivity contribution in [1.29, 1.82) is 0 Å². The van der Waals surface area contributed by atoms with Crippen LogP contribution in [-0.2, 0) is 5.60 Å². The van der Waals surface area contributed by atoms with Gasteiger partial charge < -0.3 is 25.6 Å². The van der Waals surface area contributed by atoms with Crippen LogP contribution in [0.1, 0.15) is 46.6 Å². The van der Waals surface area contributed by atoms with Crippen LogP contribution < -0.4 is 15.4 Å².